The second-order valence-corrected chi connectivity index (χ2v) is 3.80. The molecule has 0 bridgehead atoms. The number of allylic oxidation sites excluding steroid dienone is 1. The van der Waals surface area contributed by atoms with E-state index in [0.717, 1.165) is 11.0 Å². The van der Waals surface area contributed by atoms with Crippen molar-refractivity contribution in [3.63, 3.8) is 0 Å². The van der Waals surface area contributed by atoms with Crippen LogP contribution in [-0.4, -0.2) is 44.1 Å². The molecule has 1 rings (SSSR count). The second-order valence-electron chi connectivity index (χ2n) is 3.80. The average molecular weight is 153 g/mol. The van der Waals surface area contributed by atoms with Crippen molar-refractivity contribution in [1.29, 1.82) is 0 Å². The van der Waals surface area contributed by atoms with Crippen LogP contribution in [0.4, 0.5) is 0 Å². The Morgan fingerprint density at radius 3 is 2.36 bits per heavy atom. The van der Waals surface area contributed by atoms with Crippen LogP contribution in [0, 0.1) is 0 Å². The van der Waals surface area contributed by atoms with E-state index in [0.29, 0.717) is 0 Å². The van der Waals surface area contributed by atoms with Gasteiger partial charge in [-0.2, -0.15) is 0 Å². The monoisotopic (exact) mass is 153 g/mol. The van der Waals surface area contributed by atoms with Gasteiger partial charge >= 0.3 is 0 Å². The summed E-state index contributed by atoms with van der Waals surface area (Å²) in [6.45, 7) is 1.09. The van der Waals surface area contributed by atoms with E-state index in [2.05, 4.69) is 51.4 Å². The van der Waals surface area contributed by atoms with Gasteiger partial charge in [-0.05, 0) is 6.08 Å². The molecule has 0 aliphatic carbocycles. The molecular formula is C9H17N2+. The minimum absolute atomic E-state index is 0.956. The van der Waals surface area contributed by atoms with Gasteiger partial charge < -0.3 is 4.90 Å². The third kappa shape index (κ3) is 2.09. The van der Waals surface area contributed by atoms with Crippen molar-refractivity contribution in [2.75, 3.05) is 34.7 Å². The van der Waals surface area contributed by atoms with Crippen LogP contribution >= 0.6 is 0 Å². The van der Waals surface area contributed by atoms with Gasteiger partial charge in [0.1, 0.15) is 6.54 Å². The highest BCUT2D eigenvalue weighted by atomic mass is 15.3. The molecule has 1 heterocycles. The molecule has 0 saturated carbocycles. The maximum Gasteiger partial charge on any atom is 0.103 e. The number of hydrogen-bond acceptors (Lipinski definition) is 1. The molecule has 0 aromatic rings. The molecule has 0 saturated heterocycles. The van der Waals surface area contributed by atoms with E-state index >= 15 is 0 Å². The van der Waals surface area contributed by atoms with E-state index < -0.39 is 0 Å². The summed E-state index contributed by atoms with van der Waals surface area (Å²) >= 11 is 0. The molecule has 1 aliphatic heterocycles. The van der Waals surface area contributed by atoms with Gasteiger partial charge in [0.15, 0.2) is 0 Å². The third-order valence-electron chi connectivity index (χ3n) is 1.94. The second kappa shape index (κ2) is 2.70. The van der Waals surface area contributed by atoms with Gasteiger partial charge in [-0.1, -0.05) is 0 Å². The van der Waals surface area contributed by atoms with Gasteiger partial charge in [-0.25, -0.2) is 0 Å². The highest BCUT2D eigenvalue weighted by Gasteiger charge is 2.14. The lowest BCUT2D eigenvalue weighted by molar-refractivity contribution is -0.833. The molecule has 2 heteroatoms. The Hall–Kier alpha value is -0.760. The van der Waals surface area contributed by atoms with Crippen molar-refractivity contribution in [1.82, 2.24) is 4.90 Å². The first-order chi connectivity index (χ1) is 5.01. The van der Waals surface area contributed by atoms with Crippen LogP contribution in [0.15, 0.2) is 24.0 Å². The minimum atomic E-state index is 0.956. The molecule has 11 heavy (non-hydrogen) atoms. The summed E-state index contributed by atoms with van der Waals surface area (Å²) in [5.74, 6) is 0. The van der Waals surface area contributed by atoms with E-state index in [1.54, 1.807) is 0 Å². The lowest BCUT2D eigenvalue weighted by Gasteiger charge is -2.28. The topological polar surface area (TPSA) is 3.24 Å². The van der Waals surface area contributed by atoms with Crippen molar-refractivity contribution in [2.45, 2.75) is 0 Å². The summed E-state index contributed by atoms with van der Waals surface area (Å²) in [6.07, 6.45) is 6.65. The number of hydrogen-bond donors (Lipinski definition) is 0. The first kappa shape index (κ1) is 8.34. The van der Waals surface area contributed by atoms with E-state index in [-0.39, 0.29) is 0 Å². The smallest absolute Gasteiger partial charge is 0.103 e. The lowest BCUT2D eigenvalue weighted by Crippen LogP contribution is -2.35. The largest absolute Gasteiger partial charge is 0.378 e. The predicted octanol–water partition coefficient (Wildman–Crippen LogP) is 1.04. The summed E-state index contributed by atoms with van der Waals surface area (Å²) in [4.78, 5) is 2.13. The van der Waals surface area contributed by atoms with Crippen molar-refractivity contribution >= 4 is 0 Å². The van der Waals surface area contributed by atoms with Gasteiger partial charge in [-0.15, -0.1) is 0 Å². The molecule has 0 radical (unpaired) electrons. The Kier molecular flexibility index (Phi) is 2.05. The standard InChI is InChI=1S/C9H17N2/c1-10(2)9-5-7-11(3,4)8-6-9/h5-7H,8H2,1-4H3/q+1. The van der Waals surface area contributed by atoms with Crippen LogP contribution < -0.4 is 0 Å². The summed E-state index contributed by atoms with van der Waals surface area (Å²) in [7, 11) is 8.53. The first-order valence-electron chi connectivity index (χ1n) is 3.91. The Labute approximate surface area is 69.0 Å². The predicted molar refractivity (Wildman–Crippen MR) is 47.9 cm³/mol. The van der Waals surface area contributed by atoms with E-state index in [9.17, 15) is 0 Å². The lowest BCUT2D eigenvalue weighted by atomic mass is 10.2. The highest BCUT2D eigenvalue weighted by molar-refractivity contribution is 5.17. The zero-order valence-corrected chi connectivity index (χ0v) is 7.83. The Morgan fingerprint density at radius 2 is 2.00 bits per heavy atom. The molecule has 2 nitrogen and oxygen atoms in total. The fourth-order valence-electron chi connectivity index (χ4n) is 1.07. The quantitative estimate of drug-likeness (QED) is 0.509. The Morgan fingerprint density at radius 1 is 1.36 bits per heavy atom. The zero-order chi connectivity index (χ0) is 8.48. The summed E-state index contributed by atoms with van der Waals surface area (Å²) in [5, 5.41) is 0. The molecule has 0 aromatic heterocycles. The van der Waals surface area contributed by atoms with Crippen LogP contribution in [-0.2, 0) is 0 Å². The van der Waals surface area contributed by atoms with Crippen molar-refractivity contribution in [3.8, 4) is 0 Å². The molecule has 0 aromatic carbocycles. The van der Waals surface area contributed by atoms with E-state index in [1.165, 1.54) is 5.70 Å². The van der Waals surface area contributed by atoms with E-state index in [4.69, 9.17) is 0 Å². The molecule has 0 spiro atoms. The summed E-state index contributed by atoms with van der Waals surface area (Å²) in [6, 6.07) is 0. The fraction of sp³-hybridized carbons (Fsp3) is 0.556. The minimum Gasteiger partial charge on any atom is -0.378 e. The molecule has 1 aliphatic rings. The Balaban J connectivity index is 2.68. The van der Waals surface area contributed by atoms with Crippen LogP contribution in [0.1, 0.15) is 0 Å². The molecule has 0 N–H and O–H groups in total. The SMILES string of the molecule is CN(C)C1=CC[N+](C)(C)C=C1. The van der Waals surface area contributed by atoms with Crippen molar-refractivity contribution in [3.05, 3.63) is 24.0 Å². The molecule has 62 valence electrons. The number of nitrogens with zero attached hydrogens (tertiary/aromatic N) is 2. The normalized spacial score (nSPS) is 21.3. The van der Waals surface area contributed by atoms with Crippen molar-refractivity contribution < 1.29 is 4.48 Å². The number of quaternary nitrogens is 1. The van der Waals surface area contributed by atoms with Gasteiger partial charge in [0, 0.05) is 25.9 Å². The molecule has 0 unspecified atom stereocenters. The molecular weight excluding hydrogens is 136 g/mol. The van der Waals surface area contributed by atoms with Crippen LogP contribution in [0.25, 0.3) is 0 Å². The molecule has 0 atom stereocenters. The van der Waals surface area contributed by atoms with Gasteiger partial charge in [0.2, 0.25) is 0 Å². The first-order valence-corrected chi connectivity index (χ1v) is 3.91. The third-order valence-corrected chi connectivity index (χ3v) is 1.94. The average Bonchev–Trinajstić information content (AvgIpc) is 1.86. The van der Waals surface area contributed by atoms with Crippen LogP contribution in [0.2, 0.25) is 0 Å². The van der Waals surface area contributed by atoms with Crippen molar-refractivity contribution in [2.24, 2.45) is 0 Å². The fourth-order valence-corrected chi connectivity index (χ4v) is 1.07. The van der Waals surface area contributed by atoms with Gasteiger partial charge in [0.25, 0.3) is 0 Å². The number of rotatable bonds is 1. The van der Waals surface area contributed by atoms with Gasteiger partial charge in [0.05, 0.1) is 20.3 Å². The summed E-state index contributed by atoms with van der Waals surface area (Å²) < 4.78 is 0.956. The Bertz CT molecular complexity index is 200. The van der Waals surface area contributed by atoms with E-state index in [1.807, 2.05) is 0 Å². The van der Waals surface area contributed by atoms with Gasteiger partial charge in [-0.3, -0.25) is 4.48 Å². The molecule has 0 fully saturated rings. The number of likely N-dealkylation sites (N-methyl/N-ethyl adjacent to an activating group) is 2. The highest BCUT2D eigenvalue weighted by Crippen LogP contribution is 2.11. The zero-order valence-electron chi connectivity index (χ0n) is 7.83. The maximum atomic E-state index is 2.26. The van der Waals surface area contributed by atoms with Crippen LogP contribution in [0.3, 0.4) is 0 Å². The summed E-state index contributed by atoms with van der Waals surface area (Å²) in [5.41, 5.74) is 1.31. The maximum absolute atomic E-state index is 2.26. The van der Waals surface area contributed by atoms with Crippen LogP contribution in [0.5, 0.6) is 0 Å². The molecule has 0 amide bonds.